The van der Waals surface area contributed by atoms with Crippen LogP contribution in [0.4, 0.5) is 0 Å². The van der Waals surface area contributed by atoms with Crippen molar-refractivity contribution in [3.8, 4) is 22.4 Å². The molecule has 29 heavy (non-hydrogen) atoms. The van der Waals surface area contributed by atoms with Gasteiger partial charge < -0.3 is 4.42 Å². The molecular formula is C25H17ClN2O. The molecule has 0 fully saturated rings. The van der Waals surface area contributed by atoms with E-state index >= 15 is 0 Å². The molecule has 4 heteroatoms. The van der Waals surface area contributed by atoms with Gasteiger partial charge >= 0.3 is 0 Å². The summed E-state index contributed by atoms with van der Waals surface area (Å²) in [5, 5.41) is 1.17. The van der Waals surface area contributed by atoms with Crippen molar-refractivity contribution in [1.82, 2.24) is 9.97 Å². The zero-order valence-electron chi connectivity index (χ0n) is 16.0. The van der Waals surface area contributed by atoms with Crippen molar-refractivity contribution in [2.45, 2.75) is 19.3 Å². The van der Waals surface area contributed by atoms with E-state index in [1.54, 1.807) is 0 Å². The Labute approximate surface area is 173 Å². The predicted molar refractivity (Wildman–Crippen MR) is 117 cm³/mol. The van der Waals surface area contributed by atoms with Crippen molar-refractivity contribution in [3.05, 3.63) is 83.1 Å². The van der Waals surface area contributed by atoms with Gasteiger partial charge in [-0.1, -0.05) is 62.4 Å². The van der Waals surface area contributed by atoms with E-state index in [1.807, 2.05) is 24.3 Å². The maximum absolute atomic E-state index is 6.31. The number of rotatable bonds is 1. The van der Waals surface area contributed by atoms with Gasteiger partial charge in [0.15, 0.2) is 5.58 Å². The minimum Gasteiger partial charge on any atom is -0.452 e. The molecule has 0 saturated carbocycles. The number of halogens is 1. The zero-order chi connectivity index (χ0) is 19.8. The zero-order valence-corrected chi connectivity index (χ0v) is 16.8. The van der Waals surface area contributed by atoms with E-state index in [0.29, 0.717) is 5.58 Å². The highest BCUT2D eigenvalue weighted by atomic mass is 35.5. The lowest BCUT2D eigenvalue weighted by Gasteiger charge is -2.21. The highest BCUT2D eigenvalue weighted by Crippen LogP contribution is 2.49. The van der Waals surface area contributed by atoms with Crippen LogP contribution in [0.1, 0.15) is 25.0 Å². The molecule has 1 aliphatic rings. The van der Waals surface area contributed by atoms with Crippen molar-refractivity contribution in [2.24, 2.45) is 0 Å². The lowest BCUT2D eigenvalue weighted by Crippen LogP contribution is -2.14. The van der Waals surface area contributed by atoms with Crippen LogP contribution in [-0.4, -0.2) is 9.97 Å². The van der Waals surface area contributed by atoms with E-state index in [-0.39, 0.29) is 10.7 Å². The van der Waals surface area contributed by atoms with Gasteiger partial charge in [0.25, 0.3) is 0 Å². The fraction of sp³-hybridized carbons (Fsp3) is 0.120. The first-order valence-electron chi connectivity index (χ1n) is 9.63. The number of para-hydroxylation sites is 1. The molecule has 0 radical (unpaired) electrons. The Morgan fingerprint density at radius 1 is 0.828 bits per heavy atom. The number of furan rings is 1. The van der Waals surface area contributed by atoms with Gasteiger partial charge in [-0.2, -0.15) is 0 Å². The van der Waals surface area contributed by atoms with Crippen LogP contribution in [0.25, 0.3) is 44.5 Å². The Hall–Kier alpha value is -3.17. The summed E-state index contributed by atoms with van der Waals surface area (Å²) in [4.78, 5) is 8.99. The normalized spacial score (nSPS) is 14.3. The van der Waals surface area contributed by atoms with Crippen LogP contribution in [0.15, 0.2) is 71.1 Å². The first-order chi connectivity index (χ1) is 14.0. The molecule has 5 aromatic rings. The van der Waals surface area contributed by atoms with Gasteiger partial charge in [-0.05, 0) is 52.1 Å². The van der Waals surface area contributed by atoms with Crippen LogP contribution in [-0.2, 0) is 5.41 Å². The van der Waals surface area contributed by atoms with Crippen LogP contribution in [0.5, 0.6) is 0 Å². The number of benzene rings is 3. The van der Waals surface area contributed by atoms with Crippen molar-refractivity contribution in [3.63, 3.8) is 0 Å². The Balaban J connectivity index is 1.63. The van der Waals surface area contributed by atoms with E-state index in [0.717, 1.165) is 27.7 Å². The molecule has 2 heterocycles. The number of hydrogen-bond donors (Lipinski definition) is 0. The third kappa shape index (κ3) is 2.25. The molecule has 0 aliphatic heterocycles. The summed E-state index contributed by atoms with van der Waals surface area (Å²) < 4.78 is 6.14. The molecule has 3 aromatic carbocycles. The second-order valence-corrected chi connectivity index (χ2v) is 8.39. The average molecular weight is 397 g/mol. The second kappa shape index (κ2) is 5.68. The van der Waals surface area contributed by atoms with Gasteiger partial charge in [-0.25, -0.2) is 9.97 Å². The Morgan fingerprint density at radius 2 is 1.59 bits per heavy atom. The molecule has 0 saturated heterocycles. The maximum atomic E-state index is 6.31. The summed E-state index contributed by atoms with van der Waals surface area (Å²) in [5.41, 5.74) is 9.05. The second-order valence-electron chi connectivity index (χ2n) is 8.05. The van der Waals surface area contributed by atoms with Gasteiger partial charge in [0.2, 0.25) is 5.28 Å². The predicted octanol–water partition coefficient (Wildman–Crippen LogP) is 7.00. The van der Waals surface area contributed by atoms with Crippen molar-refractivity contribution in [2.75, 3.05) is 0 Å². The number of fused-ring (bicyclic) bond motifs is 6. The van der Waals surface area contributed by atoms with Crippen LogP contribution in [0, 0.1) is 0 Å². The van der Waals surface area contributed by atoms with Gasteiger partial charge in [0, 0.05) is 16.4 Å². The van der Waals surface area contributed by atoms with Gasteiger partial charge in [-0.15, -0.1) is 0 Å². The topological polar surface area (TPSA) is 38.9 Å². The van der Waals surface area contributed by atoms with E-state index in [1.165, 1.54) is 22.3 Å². The molecule has 0 bridgehead atoms. The van der Waals surface area contributed by atoms with Gasteiger partial charge in [-0.3, -0.25) is 0 Å². The molecule has 0 atom stereocenters. The molecule has 6 rings (SSSR count). The fourth-order valence-electron chi connectivity index (χ4n) is 4.61. The summed E-state index contributed by atoms with van der Waals surface area (Å²) in [6, 6.07) is 23.0. The Bertz CT molecular complexity index is 1450. The first-order valence-corrected chi connectivity index (χ1v) is 10.0. The van der Waals surface area contributed by atoms with Crippen LogP contribution in [0.2, 0.25) is 5.28 Å². The minimum atomic E-state index is -0.0776. The van der Waals surface area contributed by atoms with Crippen molar-refractivity contribution >= 4 is 33.7 Å². The van der Waals surface area contributed by atoms with Crippen molar-refractivity contribution in [1.29, 1.82) is 0 Å². The van der Waals surface area contributed by atoms with E-state index in [9.17, 15) is 0 Å². The largest absolute Gasteiger partial charge is 0.452 e. The third-order valence-electron chi connectivity index (χ3n) is 6.05. The minimum absolute atomic E-state index is 0.0776. The standard InChI is InChI=1S/C25H17ClN2O/c1-25(2)18-9-5-3-7-15(18)16-12-11-14(13-19(16)25)21-23-22(28-24(26)27-21)17-8-4-6-10-20(17)29-23/h3-13H,1-2H3. The lowest BCUT2D eigenvalue weighted by atomic mass is 9.82. The summed E-state index contributed by atoms with van der Waals surface area (Å²) in [6.07, 6.45) is 0. The average Bonchev–Trinajstić information content (AvgIpc) is 3.21. The Morgan fingerprint density at radius 3 is 2.48 bits per heavy atom. The molecule has 0 spiro atoms. The maximum Gasteiger partial charge on any atom is 0.223 e. The smallest absolute Gasteiger partial charge is 0.223 e. The fourth-order valence-corrected chi connectivity index (χ4v) is 4.78. The van der Waals surface area contributed by atoms with Crippen LogP contribution < -0.4 is 0 Å². The van der Waals surface area contributed by atoms with Crippen LogP contribution >= 0.6 is 11.6 Å². The van der Waals surface area contributed by atoms with Gasteiger partial charge in [0.1, 0.15) is 16.8 Å². The Kier molecular flexibility index (Phi) is 3.28. The van der Waals surface area contributed by atoms with Gasteiger partial charge in [0.05, 0.1) is 0 Å². The summed E-state index contributed by atoms with van der Waals surface area (Å²) in [7, 11) is 0. The number of nitrogens with zero attached hydrogens (tertiary/aromatic N) is 2. The monoisotopic (exact) mass is 396 g/mol. The molecule has 140 valence electrons. The number of hydrogen-bond acceptors (Lipinski definition) is 3. The summed E-state index contributed by atoms with van der Waals surface area (Å²) >= 11 is 6.31. The van der Waals surface area contributed by atoms with E-state index in [4.69, 9.17) is 16.0 Å². The van der Waals surface area contributed by atoms with E-state index in [2.05, 4.69) is 66.3 Å². The van der Waals surface area contributed by atoms with E-state index < -0.39 is 0 Å². The highest BCUT2D eigenvalue weighted by molar-refractivity contribution is 6.29. The first kappa shape index (κ1) is 16.8. The summed E-state index contributed by atoms with van der Waals surface area (Å²) in [6.45, 7) is 4.54. The SMILES string of the molecule is CC1(C)c2ccccc2-c2ccc(-c3nc(Cl)nc4c3oc3ccccc34)cc21. The number of aromatic nitrogens is 2. The molecular weight excluding hydrogens is 380 g/mol. The molecule has 0 amide bonds. The lowest BCUT2D eigenvalue weighted by molar-refractivity contribution is 0.659. The molecule has 1 aliphatic carbocycles. The molecule has 3 nitrogen and oxygen atoms in total. The summed E-state index contributed by atoms with van der Waals surface area (Å²) in [5.74, 6) is 0. The highest BCUT2D eigenvalue weighted by Gasteiger charge is 2.35. The third-order valence-corrected chi connectivity index (χ3v) is 6.22. The quantitative estimate of drug-likeness (QED) is 0.286. The molecule has 0 N–H and O–H groups in total. The molecule has 2 aromatic heterocycles. The molecule has 0 unspecified atom stereocenters. The van der Waals surface area contributed by atoms with Crippen molar-refractivity contribution < 1.29 is 4.42 Å². The van der Waals surface area contributed by atoms with Crippen LogP contribution in [0.3, 0.4) is 0 Å².